The van der Waals surface area contributed by atoms with Gasteiger partial charge >= 0.3 is 0 Å². The fraction of sp³-hybridized carbons (Fsp3) is 0.812. The third-order valence-corrected chi connectivity index (χ3v) is 6.04. The molecule has 0 spiro atoms. The van der Waals surface area contributed by atoms with Gasteiger partial charge in [-0.25, -0.2) is 0 Å². The minimum absolute atomic E-state index is 0.117. The van der Waals surface area contributed by atoms with Gasteiger partial charge in [0, 0.05) is 12.5 Å². The van der Waals surface area contributed by atoms with Gasteiger partial charge in [-0.1, -0.05) is 13.8 Å². The van der Waals surface area contributed by atoms with E-state index in [0.29, 0.717) is 18.9 Å². The van der Waals surface area contributed by atoms with Crippen molar-refractivity contribution in [1.82, 2.24) is 16.0 Å². The predicted molar refractivity (Wildman–Crippen MR) is 85.4 cm³/mol. The predicted octanol–water partition coefficient (Wildman–Crippen LogP) is -1.91. The van der Waals surface area contributed by atoms with Crippen molar-refractivity contribution in [1.29, 1.82) is 0 Å². The van der Waals surface area contributed by atoms with E-state index in [1.807, 2.05) is 0 Å². The Kier molecular flexibility index (Phi) is 4.29. The Morgan fingerprint density at radius 2 is 2.17 bits per heavy atom. The highest BCUT2D eigenvalue weighted by molar-refractivity contribution is 5.86. The van der Waals surface area contributed by atoms with Crippen LogP contribution in [0.1, 0.15) is 26.7 Å². The Morgan fingerprint density at radius 1 is 1.46 bits per heavy atom. The first-order valence-electron chi connectivity index (χ1n) is 8.52. The minimum atomic E-state index is -1.51. The van der Waals surface area contributed by atoms with Crippen LogP contribution in [0.3, 0.4) is 0 Å². The number of carbonyl (C=O) groups excluding carboxylic acids is 3. The Morgan fingerprint density at radius 3 is 2.67 bits per heavy atom. The first-order valence-corrected chi connectivity index (χ1v) is 8.52. The van der Waals surface area contributed by atoms with E-state index in [9.17, 15) is 19.5 Å². The molecule has 0 aromatic rings. The van der Waals surface area contributed by atoms with Gasteiger partial charge in [0.2, 0.25) is 17.7 Å². The van der Waals surface area contributed by atoms with Crippen LogP contribution in [0.2, 0.25) is 0 Å². The van der Waals surface area contributed by atoms with Crippen LogP contribution >= 0.6 is 0 Å². The number of aliphatic hydroxyl groups excluding tert-OH is 1. The fourth-order valence-corrected chi connectivity index (χ4v) is 4.39. The second kappa shape index (κ2) is 6.00. The number of nitrogens with one attached hydrogen (secondary N) is 3. The van der Waals surface area contributed by atoms with Crippen LogP contribution < -0.4 is 21.7 Å². The normalized spacial score (nSPS) is 35.7. The summed E-state index contributed by atoms with van der Waals surface area (Å²) >= 11 is 0. The lowest BCUT2D eigenvalue weighted by Gasteiger charge is -2.27. The summed E-state index contributed by atoms with van der Waals surface area (Å²) in [5.74, 6) is -0.842. The smallest absolute Gasteiger partial charge is 0.248 e. The van der Waals surface area contributed by atoms with E-state index in [4.69, 9.17) is 5.73 Å². The van der Waals surface area contributed by atoms with Crippen LogP contribution in [-0.4, -0.2) is 54.1 Å². The zero-order valence-electron chi connectivity index (χ0n) is 14.0. The maximum Gasteiger partial charge on any atom is 0.248 e. The van der Waals surface area contributed by atoms with Gasteiger partial charge in [-0.2, -0.15) is 0 Å². The zero-order chi connectivity index (χ0) is 17.6. The average Bonchev–Trinajstić information content (AvgIpc) is 2.93. The first kappa shape index (κ1) is 17.2. The molecule has 2 heterocycles. The van der Waals surface area contributed by atoms with Crippen molar-refractivity contribution in [3.63, 3.8) is 0 Å². The molecular formula is C16H26N4O4. The molecule has 3 amide bonds. The molecule has 6 atom stereocenters. The van der Waals surface area contributed by atoms with Crippen LogP contribution in [0.15, 0.2) is 0 Å². The molecule has 8 heteroatoms. The SMILES string of the molecule is CC1(C)[C@@H]2[C@@H](C(=O)NC(C[C@@H]3CCNC3=O)C(O)C(N)=O)NC[C@@H]21. The van der Waals surface area contributed by atoms with E-state index < -0.39 is 18.1 Å². The molecule has 8 nitrogen and oxygen atoms in total. The van der Waals surface area contributed by atoms with Gasteiger partial charge in [-0.3, -0.25) is 14.4 Å². The Bertz CT molecular complexity index is 564. The lowest BCUT2D eigenvalue weighted by molar-refractivity contribution is -0.132. The number of fused-ring (bicyclic) bond motifs is 1. The maximum absolute atomic E-state index is 12.6. The van der Waals surface area contributed by atoms with E-state index in [1.165, 1.54) is 0 Å². The lowest BCUT2D eigenvalue weighted by atomic mass is 9.94. The minimum Gasteiger partial charge on any atom is -0.381 e. The van der Waals surface area contributed by atoms with Crippen LogP contribution in [0, 0.1) is 23.2 Å². The Balaban J connectivity index is 1.66. The Hall–Kier alpha value is -1.67. The van der Waals surface area contributed by atoms with E-state index in [1.54, 1.807) is 0 Å². The number of primary amides is 1. The van der Waals surface area contributed by atoms with Crippen LogP contribution in [-0.2, 0) is 14.4 Å². The quantitative estimate of drug-likeness (QED) is 0.385. The molecule has 0 aromatic heterocycles. The molecule has 6 N–H and O–H groups in total. The second-order valence-corrected chi connectivity index (χ2v) is 7.81. The van der Waals surface area contributed by atoms with E-state index in [2.05, 4.69) is 29.8 Å². The first-order chi connectivity index (χ1) is 11.2. The van der Waals surface area contributed by atoms with Gasteiger partial charge in [0.25, 0.3) is 0 Å². The number of piperidine rings is 1. The molecule has 2 saturated heterocycles. The number of hydrogen-bond donors (Lipinski definition) is 5. The molecule has 3 fully saturated rings. The average molecular weight is 338 g/mol. The largest absolute Gasteiger partial charge is 0.381 e. The molecular weight excluding hydrogens is 312 g/mol. The van der Waals surface area contributed by atoms with Gasteiger partial charge in [-0.15, -0.1) is 0 Å². The summed E-state index contributed by atoms with van der Waals surface area (Å²) in [6.45, 7) is 5.65. The molecule has 1 aliphatic carbocycles. The van der Waals surface area contributed by atoms with Gasteiger partial charge in [0.15, 0.2) is 6.10 Å². The fourth-order valence-electron chi connectivity index (χ4n) is 4.39. The van der Waals surface area contributed by atoms with Crippen LogP contribution in [0.4, 0.5) is 0 Å². The van der Waals surface area contributed by atoms with Gasteiger partial charge in [0.05, 0.1) is 12.1 Å². The number of hydrogen-bond acceptors (Lipinski definition) is 5. The maximum atomic E-state index is 12.6. The number of carbonyl (C=O) groups is 3. The number of amides is 3. The molecule has 0 bridgehead atoms. The highest BCUT2D eigenvalue weighted by Crippen LogP contribution is 2.62. The lowest BCUT2D eigenvalue weighted by Crippen LogP contribution is -2.55. The molecule has 134 valence electrons. The monoisotopic (exact) mass is 338 g/mol. The molecule has 24 heavy (non-hydrogen) atoms. The van der Waals surface area contributed by atoms with Crippen molar-refractivity contribution in [2.75, 3.05) is 13.1 Å². The third kappa shape index (κ3) is 2.88. The summed E-state index contributed by atoms with van der Waals surface area (Å²) in [6.07, 6.45) is -0.686. The molecule has 0 radical (unpaired) electrons. The molecule has 3 aliphatic rings. The summed E-state index contributed by atoms with van der Waals surface area (Å²) in [6, 6.07) is -1.18. The van der Waals surface area contributed by atoms with E-state index >= 15 is 0 Å². The van der Waals surface area contributed by atoms with E-state index in [-0.39, 0.29) is 41.5 Å². The van der Waals surface area contributed by atoms with Crippen LogP contribution in [0.25, 0.3) is 0 Å². The summed E-state index contributed by atoms with van der Waals surface area (Å²) in [7, 11) is 0. The number of aliphatic hydroxyl groups is 1. The third-order valence-electron chi connectivity index (χ3n) is 6.04. The van der Waals surface area contributed by atoms with Gasteiger partial charge in [-0.05, 0) is 36.6 Å². The van der Waals surface area contributed by atoms with Crippen molar-refractivity contribution in [2.24, 2.45) is 28.9 Å². The van der Waals surface area contributed by atoms with Crippen molar-refractivity contribution in [2.45, 2.75) is 44.9 Å². The number of nitrogens with two attached hydrogens (primary N) is 1. The zero-order valence-corrected chi connectivity index (χ0v) is 14.0. The van der Waals surface area contributed by atoms with E-state index in [0.717, 1.165) is 6.54 Å². The van der Waals surface area contributed by atoms with Crippen molar-refractivity contribution < 1.29 is 19.5 Å². The molecule has 0 aromatic carbocycles. The summed E-state index contributed by atoms with van der Waals surface area (Å²) in [5, 5.41) is 18.7. The van der Waals surface area contributed by atoms with Gasteiger partial charge < -0.3 is 26.8 Å². The Labute approximate surface area is 140 Å². The topological polar surface area (TPSA) is 134 Å². The molecule has 2 aliphatic heterocycles. The summed E-state index contributed by atoms with van der Waals surface area (Å²) < 4.78 is 0. The van der Waals surface area contributed by atoms with Crippen molar-refractivity contribution in [3.8, 4) is 0 Å². The molecule has 3 rings (SSSR count). The molecule has 1 saturated carbocycles. The van der Waals surface area contributed by atoms with Crippen LogP contribution in [0.5, 0.6) is 0 Å². The summed E-state index contributed by atoms with van der Waals surface area (Å²) in [4.78, 5) is 35.8. The van der Waals surface area contributed by atoms with Crippen molar-refractivity contribution in [3.05, 3.63) is 0 Å². The summed E-state index contributed by atoms with van der Waals surface area (Å²) in [5.41, 5.74) is 5.33. The molecule has 2 unspecified atom stereocenters. The van der Waals surface area contributed by atoms with Crippen molar-refractivity contribution >= 4 is 17.7 Å². The highest BCUT2D eigenvalue weighted by Gasteiger charge is 2.65. The highest BCUT2D eigenvalue weighted by atomic mass is 16.3. The standard InChI is InChI=1S/C16H26N4O4/c1-16(2)8-6-19-11(10(8)16)15(24)20-9(12(21)13(17)22)5-7-3-4-18-14(7)23/h7-12,19,21H,3-6H2,1-2H3,(H2,17,22)(H,18,23)(H,20,24)/t7-,8-,9?,10-,11-,12?/m0/s1. The second-order valence-electron chi connectivity index (χ2n) is 7.81. The van der Waals surface area contributed by atoms with Gasteiger partial charge in [0.1, 0.15) is 0 Å². The number of rotatable bonds is 6.